The van der Waals surface area contributed by atoms with Crippen molar-refractivity contribution >= 4 is 0 Å². The van der Waals surface area contributed by atoms with Crippen molar-refractivity contribution < 1.29 is 4.39 Å². The number of hydrogen-bond donors (Lipinski definition) is 0. The molecule has 2 saturated carbocycles. The number of halogens is 1. The molecular weight excluding hydrogens is 331 g/mol. The normalized spacial score (nSPS) is 31.7. The molecule has 3 unspecified atom stereocenters. The van der Waals surface area contributed by atoms with Gasteiger partial charge in [0.25, 0.3) is 0 Å². The van der Waals surface area contributed by atoms with Crippen LogP contribution in [-0.2, 0) is 0 Å². The van der Waals surface area contributed by atoms with Gasteiger partial charge in [0.05, 0.1) is 0 Å². The van der Waals surface area contributed by atoms with Crippen molar-refractivity contribution in [2.75, 3.05) is 0 Å². The monoisotopic (exact) mass is 372 g/mol. The van der Waals surface area contributed by atoms with Gasteiger partial charge < -0.3 is 0 Å². The van der Waals surface area contributed by atoms with E-state index in [1.54, 1.807) is 0 Å². The molecule has 0 bridgehead atoms. The molecule has 0 aromatic heterocycles. The zero-order valence-corrected chi connectivity index (χ0v) is 17.8. The summed E-state index contributed by atoms with van der Waals surface area (Å²) < 4.78 is 14.7. The molecule has 27 heavy (non-hydrogen) atoms. The average Bonchev–Trinajstić information content (AvgIpc) is 2.70. The summed E-state index contributed by atoms with van der Waals surface area (Å²) in [7, 11) is 0. The van der Waals surface area contributed by atoms with E-state index < -0.39 is 6.17 Å². The predicted molar refractivity (Wildman–Crippen MR) is 115 cm³/mol. The summed E-state index contributed by atoms with van der Waals surface area (Å²) in [6, 6.07) is 9.37. The average molecular weight is 373 g/mol. The lowest BCUT2D eigenvalue weighted by Crippen LogP contribution is -2.25. The molecule has 0 heterocycles. The van der Waals surface area contributed by atoms with E-state index in [4.69, 9.17) is 0 Å². The van der Waals surface area contributed by atoms with Crippen LogP contribution in [0.15, 0.2) is 24.3 Å². The van der Waals surface area contributed by atoms with Crippen LogP contribution in [0.1, 0.15) is 120 Å². The summed E-state index contributed by atoms with van der Waals surface area (Å²) in [5.74, 6) is 2.50. The van der Waals surface area contributed by atoms with Gasteiger partial charge in [-0.1, -0.05) is 70.2 Å². The topological polar surface area (TPSA) is 0 Å². The fourth-order valence-corrected chi connectivity index (χ4v) is 5.70. The third-order valence-corrected chi connectivity index (χ3v) is 7.51. The molecule has 152 valence electrons. The maximum atomic E-state index is 14.7. The fourth-order valence-electron chi connectivity index (χ4n) is 5.70. The molecule has 1 aromatic rings. The van der Waals surface area contributed by atoms with E-state index in [1.165, 1.54) is 75.3 Å². The van der Waals surface area contributed by atoms with Crippen molar-refractivity contribution in [2.24, 2.45) is 11.8 Å². The molecule has 0 amide bonds. The third-order valence-electron chi connectivity index (χ3n) is 7.51. The zero-order valence-electron chi connectivity index (χ0n) is 17.8. The standard InChI is InChI=1S/C26H41F/c1-3-5-6-8-24-17-18-25(19-26(24)27)23-15-13-22(14-16-23)21-11-9-20(7-4-2)10-12-21/h13-16,20-21,24-26H,3-12,17-19H2,1-2H3. The van der Waals surface area contributed by atoms with Gasteiger partial charge in [-0.15, -0.1) is 0 Å². The van der Waals surface area contributed by atoms with E-state index in [2.05, 4.69) is 38.1 Å². The molecular formula is C26H41F. The van der Waals surface area contributed by atoms with Crippen LogP contribution in [0, 0.1) is 11.8 Å². The largest absolute Gasteiger partial charge is 0.247 e. The summed E-state index contributed by atoms with van der Waals surface area (Å²) in [5.41, 5.74) is 2.91. The van der Waals surface area contributed by atoms with E-state index in [9.17, 15) is 4.39 Å². The van der Waals surface area contributed by atoms with Gasteiger partial charge in [0, 0.05) is 0 Å². The number of benzene rings is 1. The highest BCUT2D eigenvalue weighted by molar-refractivity contribution is 5.28. The second-order valence-corrected chi connectivity index (χ2v) is 9.45. The van der Waals surface area contributed by atoms with Gasteiger partial charge in [-0.25, -0.2) is 4.39 Å². The lowest BCUT2D eigenvalue weighted by molar-refractivity contribution is 0.141. The third kappa shape index (κ3) is 5.81. The van der Waals surface area contributed by atoms with Crippen molar-refractivity contribution in [2.45, 2.75) is 115 Å². The van der Waals surface area contributed by atoms with Crippen LogP contribution in [-0.4, -0.2) is 6.17 Å². The quantitative estimate of drug-likeness (QED) is 0.401. The Morgan fingerprint density at radius 1 is 0.741 bits per heavy atom. The Bertz CT molecular complexity index is 526. The van der Waals surface area contributed by atoms with Crippen molar-refractivity contribution in [1.29, 1.82) is 0 Å². The Hall–Kier alpha value is -0.850. The Morgan fingerprint density at radius 3 is 1.96 bits per heavy atom. The summed E-state index contributed by atoms with van der Waals surface area (Å²) >= 11 is 0. The highest BCUT2D eigenvalue weighted by atomic mass is 19.1. The van der Waals surface area contributed by atoms with Crippen molar-refractivity contribution in [3.63, 3.8) is 0 Å². The van der Waals surface area contributed by atoms with Crippen molar-refractivity contribution in [3.8, 4) is 0 Å². The first-order valence-electron chi connectivity index (χ1n) is 11.9. The minimum Gasteiger partial charge on any atom is -0.247 e. The highest BCUT2D eigenvalue weighted by Crippen LogP contribution is 2.41. The summed E-state index contributed by atoms with van der Waals surface area (Å²) in [5, 5.41) is 0. The molecule has 0 saturated heterocycles. The van der Waals surface area contributed by atoms with Crippen LogP contribution in [0.25, 0.3) is 0 Å². The Balaban J connectivity index is 1.49. The van der Waals surface area contributed by atoms with Gasteiger partial charge in [-0.2, -0.15) is 0 Å². The Labute approximate surface area is 167 Å². The maximum Gasteiger partial charge on any atom is 0.103 e. The van der Waals surface area contributed by atoms with E-state index in [0.29, 0.717) is 11.8 Å². The minimum atomic E-state index is -0.589. The van der Waals surface area contributed by atoms with E-state index in [0.717, 1.165) is 31.1 Å². The second-order valence-electron chi connectivity index (χ2n) is 9.45. The minimum absolute atomic E-state index is 0.324. The fraction of sp³-hybridized carbons (Fsp3) is 0.769. The first-order chi connectivity index (χ1) is 13.2. The van der Waals surface area contributed by atoms with Crippen LogP contribution in [0.2, 0.25) is 0 Å². The summed E-state index contributed by atoms with van der Waals surface area (Å²) in [4.78, 5) is 0. The van der Waals surface area contributed by atoms with Gasteiger partial charge in [0.2, 0.25) is 0 Å². The van der Waals surface area contributed by atoms with Crippen LogP contribution in [0.3, 0.4) is 0 Å². The van der Waals surface area contributed by atoms with E-state index in [-0.39, 0.29) is 0 Å². The van der Waals surface area contributed by atoms with E-state index >= 15 is 0 Å². The number of alkyl halides is 1. The van der Waals surface area contributed by atoms with Crippen LogP contribution >= 0.6 is 0 Å². The molecule has 2 aliphatic rings. The number of unbranched alkanes of at least 4 members (excludes halogenated alkanes) is 2. The smallest absolute Gasteiger partial charge is 0.103 e. The molecule has 0 spiro atoms. The molecule has 0 radical (unpaired) electrons. The van der Waals surface area contributed by atoms with Gasteiger partial charge in [0.1, 0.15) is 6.17 Å². The molecule has 0 nitrogen and oxygen atoms in total. The summed E-state index contributed by atoms with van der Waals surface area (Å²) in [6.07, 6.45) is 15.5. The lowest BCUT2D eigenvalue weighted by Gasteiger charge is -2.32. The molecule has 2 aliphatic carbocycles. The number of hydrogen-bond acceptors (Lipinski definition) is 0. The van der Waals surface area contributed by atoms with Gasteiger partial charge in [-0.05, 0) is 86.2 Å². The van der Waals surface area contributed by atoms with Crippen LogP contribution in [0.4, 0.5) is 4.39 Å². The molecule has 0 aliphatic heterocycles. The van der Waals surface area contributed by atoms with Crippen molar-refractivity contribution in [1.82, 2.24) is 0 Å². The first-order valence-corrected chi connectivity index (χ1v) is 11.9. The predicted octanol–water partition coefficient (Wildman–Crippen LogP) is 8.56. The highest BCUT2D eigenvalue weighted by Gasteiger charge is 2.31. The Kier molecular flexibility index (Phi) is 8.22. The Morgan fingerprint density at radius 2 is 1.37 bits per heavy atom. The second kappa shape index (κ2) is 10.6. The van der Waals surface area contributed by atoms with Crippen LogP contribution < -0.4 is 0 Å². The zero-order chi connectivity index (χ0) is 19.1. The summed E-state index contributed by atoms with van der Waals surface area (Å²) in [6.45, 7) is 4.54. The molecule has 3 atom stereocenters. The van der Waals surface area contributed by atoms with Gasteiger partial charge in [0.15, 0.2) is 0 Å². The van der Waals surface area contributed by atoms with Crippen LogP contribution in [0.5, 0.6) is 0 Å². The van der Waals surface area contributed by atoms with Gasteiger partial charge >= 0.3 is 0 Å². The maximum absolute atomic E-state index is 14.7. The first kappa shape index (κ1) is 20.9. The molecule has 2 fully saturated rings. The molecule has 3 rings (SSSR count). The van der Waals surface area contributed by atoms with E-state index in [1.807, 2.05) is 0 Å². The molecule has 1 aromatic carbocycles. The molecule has 1 heteroatoms. The van der Waals surface area contributed by atoms with Gasteiger partial charge in [-0.3, -0.25) is 0 Å². The lowest BCUT2D eigenvalue weighted by atomic mass is 9.74. The molecule has 0 N–H and O–H groups in total. The number of rotatable bonds is 8. The van der Waals surface area contributed by atoms with Crippen molar-refractivity contribution in [3.05, 3.63) is 35.4 Å². The SMILES string of the molecule is CCCCCC1CCC(c2ccc(C3CCC(CCC)CC3)cc2)CC1F.